The summed E-state index contributed by atoms with van der Waals surface area (Å²) in [6.45, 7) is 7.18. The Labute approximate surface area is 85.9 Å². The molecule has 2 N–H and O–H groups in total. The molecule has 80 valence electrons. The molecule has 0 aromatic rings. The Bertz CT molecular complexity index is 227. The van der Waals surface area contributed by atoms with Gasteiger partial charge < -0.3 is 10.5 Å². The van der Waals surface area contributed by atoms with Crippen molar-refractivity contribution in [3.63, 3.8) is 0 Å². The van der Waals surface area contributed by atoms with Crippen LogP contribution in [0.4, 0.5) is 0 Å². The highest BCUT2D eigenvalue weighted by molar-refractivity contribution is 5.04. The summed E-state index contributed by atoms with van der Waals surface area (Å²) in [5.41, 5.74) is 7.48. The molecule has 0 saturated carbocycles. The lowest BCUT2D eigenvalue weighted by Crippen LogP contribution is -2.40. The summed E-state index contributed by atoms with van der Waals surface area (Å²) < 4.78 is 5.36. The van der Waals surface area contributed by atoms with Crippen LogP contribution < -0.4 is 5.73 Å². The highest BCUT2D eigenvalue weighted by atomic mass is 16.5. The minimum absolute atomic E-state index is 0.252. The summed E-state index contributed by atoms with van der Waals surface area (Å²) in [4.78, 5) is 2.48. The van der Waals surface area contributed by atoms with Gasteiger partial charge in [-0.15, -0.1) is 0 Å². The summed E-state index contributed by atoms with van der Waals surface area (Å²) in [6.07, 6.45) is 3.54. The van der Waals surface area contributed by atoms with E-state index in [1.807, 2.05) is 0 Å². The monoisotopic (exact) mass is 196 g/mol. The summed E-state index contributed by atoms with van der Waals surface area (Å²) in [5, 5.41) is 0. The lowest BCUT2D eigenvalue weighted by atomic mass is 10.0. The van der Waals surface area contributed by atoms with Crippen LogP contribution >= 0.6 is 0 Å². The molecule has 2 rings (SSSR count). The molecule has 1 fully saturated rings. The van der Waals surface area contributed by atoms with Crippen LogP contribution in [0.25, 0.3) is 0 Å². The second-order valence-corrected chi connectivity index (χ2v) is 4.52. The average Bonchev–Trinajstić information content (AvgIpc) is 2.56. The van der Waals surface area contributed by atoms with Crippen molar-refractivity contribution in [3.05, 3.63) is 11.6 Å². The number of nitrogens with two attached hydrogens (primary N) is 1. The van der Waals surface area contributed by atoms with Crippen LogP contribution in [0.2, 0.25) is 0 Å². The van der Waals surface area contributed by atoms with E-state index in [0.29, 0.717) is 5.92 Å². The van der Waals surface area contributed by atoms with Crippen LogP contribution in [0.1, 0.15) is 13.3 Å². The van der Waals surface area contributed by atoms with E-state index in [-0.39, 0.29) is 6.04 Å². The SMILES string of the molecule is CC1=CCN(CC2COCC2N)CC1. The highest BCUT2D eigenvalue weighted by Crippen LogP contribution is 2.16. The summed E-state index contributed by atoms with van der Waals surface area (Å²) >= 11 is 0. The molecular weight excluding hydrogens is 176 g/mol. The van der Waals surface area contributed by atoms with E-state index in [2.05, 4.69) is 17.9 Å². The fourth-order valence-corrected chi connectivity index (χ4v) is 2.11. The molecule has 0 spiro atoms. The normalized spacial score (nSPS) is 34.6. The summed E-state index contributed by atoms with van der Waals surface area (Å²) in [7, 11) is 0. The quantitative estimate of drug-likeness (QED) is 0.658. The molecule has 2 aliphatic heterocycles. The van der Waals surface area contributed by atoms with Crippen molar-refractivity contribution < 1.29 is 4.74 Å². The van der Waals surface area contributed by atoms with Crippen molar-refractivity contribution in [2.24, 2.45) is 11.7 Å². The van der Waals surface area contributed by atoms with Gasteiger partial charge in [0.15, 0.2) is 0 Å². The maximum absolute atomic E-state index is 5.96. The van der Waals surface area contributed by atoms with E-state index < -0.39 is 0 Å². The van der Waals surface area contributed by atoms with Crippen molar-refractivity contribution in [1.29, 1.82) is 0 Å². The Morgan fingerprint density at radius 2 is 2.43 bits per heavy atom. The van der Waals surface area contributed by atoms with Crippen molar-refractivity contribution in [2.45, 2.75) is 19.4 Å². The molecule has 0 aromatic heterocycles. The van der Waals surface area contributed by atoms with Crippen LogP contribution in [0.3, 0.4) is 0 Å². The van der Waals surface area contributed by atoms with Gasteiger partial charge in [0.2, 0.25) is 0 Å². The van der Waals surface area contributed by atoms with Gasteiger partial charge in [-0.1, -0.05) is 11.6 Å². The Morgan fingerprint density at radius 1 is 1.57 bits per heavy atom. The van der Waals surface area contributed by atoms with Crippen molar-refractivity contribution in [1.82, 2.24) is 4.90 Å². The van der Waals surface area contributed by atoms with Crippen molar-refractivity contribution in [2.75, 3.05) is 32.8 Å². The molecule has 0 aromatic carbocycles. The predicted octanol–water partition coefficient (Wildman–Crippen LogP) is 0.612. The van der Waals surface area contributed by atoms with Crippen LogP contribution in [0.15, 0.2) is 11.6 Å². The zero-order valence-electron chi connectivity index (χ0n) is 8.91. The predicted molar refractivity (Wildman–Crippen MR) is 57.1 cm³/mol. The van der Waals surface area contributed by atoms with Gasteiger partial charge >= 0.3 is 0 Å². The van der Waals surface area contributed by atoms with E-state index >= 15 is 0 Å². The Hall–Kier alpha value is -0.380. The van der Waals surface area contributed by atoms with Crippen LogP contribution in [-0.4, -0.2) is 43.8 Å². The maximum atomic E-state index is 5.96. The van der Waals surface area contributed by atoms with Gasteiger partial charge in [-0.05, 0) is 13.3 Å². The van der Waals surface area contributed by atoms with Gasteiger partial charge in [0.25, 0.3) is 0 Å². The first-order valence-corrected chi connectivity index (χ1v) is 5.47. The number of ether oxygens (including phenoxy) is 1. The second-order valence-electron chi connectivity index (χ2n) is 4.52. The van der Waals surface area contributed by atoms with Gasteiger partial charge in [-0.3, -0.25) is 4.90 Å². The minimum Gasteiger partial charge on any atom is -0.379 e. The smallest absolute Gasteiger partial charge is 0.0621 e. The number of hydrogen-bond donors (Lipinski definition) is 1. The zero-order chi connectivity index (χ0) is 9.97. The highest BCUT2D eigenvalue weighted by Gasteiger charge is 2.26. The number of rotatable bonds is 2. The van der Waals surface area contributed by atoms with Crippen molar-refractivity contribution in [3.8, 4) is 0 Å². The van der Waals surface area contributed by atoms with Crippen LogP contribution in [0.5, 0.6) is 0 Å². The van der Waals surface area contributed by atoms with Crippen LogP contribution in [0, 0.1) is 5.92 Å². The molecule has 2 heterocycles. The van der Waals surface area contributed by atoms with Gasteiger partial charge in [0.05, 0.1) is 13.2 Å². The van der Waals surface area contributed by atoms with Gasteiger partial charge in [0.1, 0.15) is 0 Å². The third-order valence-corrected chi connectivity index (χ3v) is 3.26. The molecule has 0 aliphatic carbocycles. The molecule has 0 radical (unpaired) electrons. The topological polar surface area (TPSA) is 38.5 Å². The second kappa shape index (κ2) is 4.43. The zero-order valence-corrected chi connectivity index (χ0v) is 8.91. The van der Waals surface area contributed by atoms with E-state index in [9.17, 15) is 0 Å². The fourth-order valence-electron chi connectivity index (χ4n) is 2.11. The number of nitrogens with zero attached hydrogens (tertiary/aromatic N) is 1. The van der Waals surface area contributed by atoms with Crippen molar-refractivity contribution >= 4 is 0 Å². The Balaban J connectivity index is 1.80. The lowest BCUT2D eigenvalue weighted by molar-refractivity contribution is 0.169. The van der Waals surface area contributed by atoms with Gasteiger partial charge in [-0.2, -0.15) is 0 Å². The first kappa shape index (κ1) is 10.1. The molecule has 0 amide bonds. The molecule has 1 saturated heterocycles. The summed E-state index contributed by atoms with van der Waals surface area (Å²) in [6, 6.07) is 0.252. The molecule has 2 aliphatic rings. The van der Waals surface area contributed by atoms with Crippen LogP contribution in [-0.2, 0) is 4.74 Å². The van der Waals surface area contributed by atoms with E-state index in [4.69, 9.17) is 10.5 Å². The van der Waals surface area contributed by atoms with E-state index in [0.717, 1.165) is 26.3 Å². The minimum atomic E-state index is 0.252. The first-order valence-electron chi connectivity index (χ1n) is 5.47. The molecule has 2 unspecified atom stereocenters. The van der Waals surface area contributed by atoms with Gasteiger partial charge in [0, 0.05) is 31.6 Å². The Morgan fingerprint density at radius 3 is 3.00 bits per heavy atom. The fraction of sp³-hybridized carbons (Fsp3) is 0.818. The standard InChI is InChI=1S/C11H20N2O/c1-9-2-4-13(5-3-9)6-10-7-14-8-11(10)12/h2,10-11H,3-8,12H2,1H3. The molecule has 3 nitrogen and oxygen atoms in total. The number of hydrogen-bond acceptors (Lipinski definition) is 3. The van der Waals surface area contributed by atoms with Gasteiger partial charge in [-0.25, -0.2) is 0 Å². The van der Waals surface area contributed by atoms with E-state index in [1.54, 1.807) is 0 Å². The molecule has 2 atom stereocenters. The van der Waals surface area contributed by atoms with E-state index in [1.165, 1.54) is 18.5 Å². The Kier molecular flexibility index (Phi) is 3.21. The third kappa shape index (κ3) is 2.35. The lowest BCUT2D eigenvalue weighted by Gasteiger charge is -2.28. The third-order valence-electron chi connectivity index (χ3n) is 3.26. The average molecular weight is 196 g/mol. The summed E-state index contributed by atoms with van der Waals surface area (Å²) in [5.74, 6) is 0.543. The maximum Gasteiger partial charge on any atom is 0.0621 e. The largest absolute Gasteiger partial charge is 0.379 e. The molecular formula is C11H20N2O. The molecule has 14 heavy (non-hydrogen) atoms. The molecule has 0 bridgehead atoms. The first-order chi connectivity index (χ1) is 6.75. The molecule has 3 heteroatoms.